The van der Waals surface area contributed by atoms with Gasteiger partial charge in [0, 0.05) is 25.8 Å². The predicted molar refractivity (Wildman–Crippen MR) is 119 cm³/mol. The topological polar surface area (TPSA) is 41.6 Å². The SMILES string of the molecule is COc1ccc(N(C)CCCNC(=O)Cc2ccc(-c3ccccc3)cc2)cc1. The van der Waals surface area contributed by atoms with Gasteiger partial charge in [0.05, 0.1) is 13.5 Å². The van der Waals surface area contributed by atoms with Gasteiger partial charge in [-0.25, -0.2) is 0 Å². The first-order valence-electron chi connectivity index (χ1n) is 9.92. The summed E-state index contributed by atoms with van der Waals surface area (Å²) in [5.41, 5.74) is 4.51. The average Bonchev–Trinajstić information content (AvgIpc) is 2.78. The molecule has 0 unspecified atom stereocenters. The predicted octanol–water partition coefficient (Wildman–Crippen LogP) is 4.55. The third kappa shape index (κ3) is 6.11. The first-order chi connectivity index (χ1) is 14.2. The number of amides is 1. The van der Waals surface area contributed by atoms with Gasteiger partial charge in [0.25, 0.3) is 0 Å². The molecule has 0 heterocycles. The Bertz CT molecular complexity index is 890. The van der Waals surface area contributed by atoms with Crippen molar-refractivity contribution in [2.24, 2.45) is 0 Å². The lowest BCUT2D eigenvalue weighted by molar-refractivity contribution is -0.120. The van der Waals surface area contributed by atoms with E-state index in [0.29, 0.717) is 13.0 Å². The Morgan fingerprint density at radius 1 is 0.897 bits per heavy atom. The van der Waals surface area contributed by atoms with Gasteiger partial charge in [-0.2, -0.15) is 0 Å². The summed E-state index contributed by atoms with van der Waals surface area (Å²) in [5, 5.41) is 3.02. The van der Waals surface area contributed by atoms with Gasteiger partial charge in [-0.15, -0.1) is 0 Å². The lowest BCUT2D eigenvalue weighted by atomic mass is 10.0. The highest BCUT2D eigenvalue weighted by atomic mass is 16.5. The second-order valence-corrected chi connectivity index (χ2v) is 7.06. The summed E-state index contributed by atoms with van der Waals surface area (Å²) in [5.74, 6) is 0.913. The highest BCUT2D eigenvalue weighted by Crippen LogP contribution is 2.20. The molecule has 3 aromatic rings. The van der Waals surface area contributed by atoms with Gasteiger partial charge in [-0.3, -0.25) is 4.79 Å². The molecule has 29 heavy (non-hydrogen) atoms. The molecule has 0 saturated carbocycles. The molecule has 1 amide bonds. The van der Waals surface area contributed by atoms with Crippen molar-refractivity contribution in [2.75, 3.05) is 32.1 Å². The Labute approximate surface area is 173 Å². The smallest absolute Gasteiger partial charge is 0.224 e. The zero-order valence-electron chi connectivity index (χ0n) is 17.1. The quantitative estimate of drug-likeness (QED) is 0.547. The third-order valence-corrected chi connectivity index (χ3v) is 4.93. The molecule has 0 fully saturated rings. The number of carbonyl (C=O) groups excluding carboxylic acids is 1. The Hall–Kier alpha value is -3.27. The lowest BCUT2D eigenvalue weighted by Crippen LogP contribution is -2.29. The highest BCUT2D eigenvalue weighted by molar-refractivity contribution is 5.78. The average molecular weight is 389 g/mol. The zero-order valence-corrected chi connectivity index (χ0v) is 17.1. The molecule has 4 heteroatoms. The van der Waals surface area contributed by atoms with Crippen LogP contribution in [0.15, 0.2) is 78.9 Å². The molecular formula is C25H28N2O2. The van der Waals surface area contributed by atoms with Crippen LogP contribution in [0.1, 0.15) is 12.0 Å². The molecule has 0 radical (unpaired) electrons. The van der Waals surface area contributed by atoms with E-state index in [-0.39, 0.29) is 5.91 Å². The van der Waals surface area contributed by atoms with Crippen molar-refractivity contribution in [3.63, 3.8) is 0 Å². The second-order valence-electron chi connectivity index (χ2n) is 7.06. The van der Waals surface area contributed by atoms with Crippen molar-refractivity contribution in [1.82, 2.24) is 5.32 Å². The lowest BCUT2D eigenvalue weighted by Gasteiger charge is -2.19. The number of nitrogens with one attached hydrogen (secondary N) is 1. The van der Waals surface area contributed by atoms with Crippen molar-refractivity contribution in [1.29, 1.82) is 0 Å². The molecule has 0 bridgehead atoms. The standard InChI is InChI=1S/C25H28N2O2/c1-27(23-13-15-24(29-2)16-14-23)18-6-17-26-25(28)19-20-9-11-22(12-10-20)21-7-4-3-5-8-21/h3-5,7-16H,6,17-19H2,1-2H3,(H,26,28). The minimum atomic E-state index is 0.0598. The van der Waals surface area contributed by atoms with Crippen molar-refractivity contribution in [3.05, 3.63) is 84.4 Å². The van der Waals surface area contributed by atoms with E-state index in [0.717, 1.165) is 35.5 Å². The van der Waals surface area contributed by atoms with E-state index in [9.17, 15) is 4.79 Å². The Morgan fingerprint density at radius 2 is 1.55 bits per heavy atom. The molecule has 0 saturated heterocycles. The maximum Gasteiger partial charge on any atom is 0.224 e. The number of anilines is 1. The molecule has 4 nitrogen and oxygen atoms in total. The number of nitrogens with zero attached hydrogens (tertiary/aromatic N) is 1. The van der Waals surface area contributed by atoms with E-state index in [1.54, 1.807) is 7.11 Å². The van der Waals surface area contributed by atoms with Gasteiger partial charge < -0.3 is 15.0 Å². The van der Waals surface area contributed by atoms with Gasteiger partial charge in [0.2, 0.25) is 5.91 Å². The van der Waals surface area contributed by atoms with Crippen LogP contribution in [0.5, 0.6) is 5.75 Å². The molecule has 0 aliphatic heterocycles. The number of hydrogen-bond donors (Lipinski definition) is 1. The molecule has 0 aromatic heterocycles. The van der Waals surface area contributed by atoms with E-state index in [1.807, 2.05) is 54.6 Å². The Kier molecular flexibility index (Phi) is 7.28. The van der Waals surface area contributed by atoms with Gasteiger partial charge in [0.15, 0.2) is 0 Å². The monoisotopic (exact) mass is 388 g/mol. The second kappa shape index (κ2) is 10.3. The number of hydrogen-bond acceptors (Lipinski definition) is 3. The van der Waals surface area contributed by atoms with Gasteiger partial charge in [0.1, 0.15) is 5.75 Å². The van der Waals surface area contributed by atoms with Crippen LogP contribution in [0.4, 0.5) is 5.69 Å². The Balaban J connectivity index is 1.39. The van der Waals surface area contributed by atoms with E-state index in [1.165, 1.54) is 5.56 Å². The van der Waals surface area contributed by atoms with Crippen LogP contribution in [-0.2, 0) is 11.2 Å². The minimum Gasteiger partial charge on any atom is -0.497 e. The molecule has 3 rings (SSSR count). The maximum atomic E-state index is 12.2. The van der Waals surface area contributed by atoms with Gasteiger partial charge >= 0.3 is 0 Å². The van der Waals surface area contributed by atoms with E-state index < -0.39 is 0 Å². The normalized spacial score (nSPS) is 10.4. The fourth-order valence-electron chi connectivity index (χ4n) is 3.20. The number of benzene rings is 3. The van der Waals surface area contributed by atoms with E-state index in [4.69, 9.17) is 4.74 Å². The fraction of sp³-hybridized carbons (Fsp3) is 0.240. The van der Waals surface area contributed by atoms with Crippen LogP contribution in [-0.4, -0.2) is 33.2 Å². The fourth-order valence-corrected chi connectivity index (χ4v) is 3.20. The van der Waals surface area contributed by atoms with Crippen LogP contribution >= 0.6 is 0 Å². The molecule has 3 aromatic carbocycles. The third-order valence-electron chi connectivity index (χ3n) is 4.93. The largest absolute Gasteiger partial charge is 0.497 e. The molecule has 0 aliphatic rings. The molecule has 0 spiro atoms. The summed E-state index contributed by atoms with van der Waals surface area (Å²) >= 11 is 0. The molecule has 0 atom stereocenters. The highest BCUT2D eigenvalue weighted by Gasteiger charge is 2.05. The van der Waals surface area contributed by atoms with Crippen LogP contribution in [0.2, 0.25) is 0 Å². The van der Waals surface area contributed by atoms with Crippen LogP contribution in [0.3, 0.4) is 0 Å². The summed E-state index contributed by atoms with van der Waals surface area (Å²) < 4.78 is 5.19. The molecular weight excluding hydrogens is 360 g/mol. The number of rotatable bonds is 9. The first-order valence-corrected chi connectivity index (χ1v) is 9.92. The maximum absolute atomic E-state index is 12.2. The Morgan fingerprint density at radius 3 is 2.21 bits per heavy atom. The van der Waals surface area contributed by atoms with Gasteiger partial charge in [-0.1, -0.05) is 54.6 Å². The first kappa shape index (κ1) is 20.5. The molecule has 1 N–H and O–H groups in total. The van der Waals surface area contributed by atoms with E-state index >= 15 is 0 Å². The van der Waals surface area contributed by atoms with Gasteiger partial charge in [-0.05, 0) is 47.4 Å². The van der Waals surface area contributed by atoms with Crippen molar-refractivity contribution in [3.8, 4) is 16.9 Å². The summed E-state index contributed by atoms with van der Waals surface area (Å²) in [7, 11) is 3.72. The summed E-state index contributed by atoms with van der Waals surface area (Å²) in [6.07, 6.45) is 1.30. The van der Waals surface area contributed by atoms with Crippen LogP contribution in [0, 0.1) is 0 Å². The van der Waals surface area contributed by atoms with Crippen molar-refractivity contribution >= 4 is 11.6 Å². The minimum absolute atomic E-state index is 0.0598. The summed E-state index contributed by atoms with van der Waals surface area (Å²) in [6, 6.07) is 26.4. The number of methoxy groups -OCH3 is 1. The van der Waals surface area contributed by atoms with Crippen molar-refractivity contribution < 1.29 is 9.53 Å². The zero-order chi connectivity index (χ0) is 20.5. The summed E-state index contributed by atoms with van der Waals surface area (Å²) in [6.45, 7) is 1.54. The molecule has 0 aliphatic carbocycles. The van der Waals surface area contributed by atoms with Crippen molar-refractivity contribution in [2.45, 2.75) is 12.8 Å². The molecule has 150 valence electrons. The number of ether oxygens (including phenoxy) is 1. The number of carbonyl (C=O) groups is 1. The van der Waals surface area contributed by atoms with Crippen LogP contribution < -0.4 is 15.0 Å². The van der Waals surface area contributed by atoms with Crippen LogP contribution in [0.25, 0.3) is 11.1 Å². The van der Waals surface area contributed by atoms with E-state index in [2.05, 4.69) is 41.5 Å². The summed E-state index contributed by atoms with van der Waals surface area (Å²) in [4.78, 5) is 14.4.